The van der Waals surface area contributed by atoms with Gasteiger partial charge in [-0.05, 0) is 32.9 Å². The normalized spacial score (nSPS) is 12.6. The van der Waals surface area contributed by atoms with E-state index < -0.39 is 0 Å². The third-order valence-corrected chi connectivity index (χ3v) is 2.21. The first-order chi connectivity index (χ1) is 7.68. The van der Waals surface area contributed by atoms with E-state index in [1.807, 2.05) is 24.3 Å². The number of hydrogen-bond donors (Lipinski definition) is 0. The minimum absolute atomic E-state index is 1.27. The average Bonchev–Trinajstić information content (AvgIpc) is 2.51. The molecule has 0 heteroatoms. The topological polar surface area (TPSA) is 0 Å². The first kappa shape index (κ1) is 12.3. The van der Waals surface area contributed by atoms with Crippen LogP contribution in [0.15, 0.2) is 65.9 Å². The number of hydrogen-bond acceptors (Lipinski definition) is 0. The van der Waals surface area contributed by atoms with Gasteiger partial charge in [-0.3, -0.25) is 0 Å². The van der Waals surface area contributed by atoms with Crippen LogP contribution in [0.1, 0.15) is 18.1 Å². The molecule has 0 heterocycles. The van der Waals surface area contributed by atoms with Crippen LogP contribution in [0.3, 0.4) is 0 Å². The van der Waals surface area contributed by atoms with Crippen LogP contribution in [-0.4, -0.2) is 0 Å². The summed E-state index contributed by atoms with van der Waals surface area (Å²) in [4.78, 5) is 0. The highest BCUT2D eigenvalue weighted by Gasteiger charge is 1.79. The van der Waals surface area contributed by atoms with Gasteiger partial charge in [0.25, 0.3) is 0 Å². The zero-order valence-electron chi connectivity index (χ0n) is 10.2. The third kappa shape index (κ3) is 5.19. The predicted molar refractivity (Wildman–Crippen MR) is 71.5 cm³/mol. The molecule has 0 nitrogen and oxygen atoms in total. The third-order valence-electron chi connectivity index (χ3n) is 2.21. The molecule has 0 spiro atoms. The predicted octanol–water partition coefficient (Wildman–Crippen LogP) is 4.52. The van der Waals surface area contributed by atoms with Crippen molar-refractivity contribution in [2.75, 3.05) is 0 Å². The summed E-state index contributed by atoms with van der Waals surface area (Å²) in [6.45, 7) is 6.26. The molecule has 0 N–H and O–H groups in total. The Morgan fingerprint density at radius 1 is 0.812 bits per heavy atom. The van der Waals surface area contributed by atoms with E-state index >= 15 is 0 Å². The first-order valence-corrected chi connectivity index (χ1v) is 5.48. The molecule has 0 fully saturated rings. The Morgan fingerprint density at radius 2 is 1.38 bits per heavy atom. The van der Waals surface area contributed by atoms with E-state index in [0.29, 0.717) is 0 Å². The molecule has 1 aliphatic rings. The molecule has 0 amide bonds. The Kier molecular flexibility index (Phi) is 5.11. The van der Waals surface area contributed by atoms with Crippen molar-refractivity contribution >= 4 is 0 Å². The standard InChI is InChI=1S/C8H10.C8H8/c1-7-3-5-8(2)6-4-7;1-8-6-4-2-3-5-7-8/h3-6H,1-2H3;2,4-7H,1H3. The molecule has 0 unspecified atom stereocenters. The van der Waals surface area contributed by atoms with Crippen LogP contribution in [-0.2, 0) is 0 Å². The lowest BCUT2D eigenvalue weighted by atomic mass is 10.2. The zero-order valence-corrected chi connectivity index (χ0v) is 10.2. The molecule has 0 radical (unpaired) electrons. The van der Waals surface area contributed by atoms with E-state index in [-0.39, 0.29) is 0 Å². The van der Waals surface area contributed by atoms with E-state index in [0.717, 1.165) is 0 Å². The van der Waals surface area contributed by atoms with Gasteiger partial charge < -0.3 is 0 Å². The van der Waals surface area contributed by atoms with Crippen LogP contribution in [0.4, 0.5) is 0 Å². The summed E-state index contributed by atoms with van der Waals surface area (Å²) in [6.07, 6.45) is 9.87. The van der Waals surface area contributed by atoms with Crippen LogP contribution in [0.25, 0.3) is 0 Å². The maximum Gasteiger partial charge on any atom is -0.0197 e. The molecule has 0 saturated heterocycles. The van der Waals surface area contributed by atoms with Crippen molar-refractivity contribution in [2.45, 2.75) is 20.8 Å². The largest absolute Gasteiger partial charge is 0.121 e. The van der Waals surface area contributed by atoms with Crippen LogP contribution < -0.4 is 0 Å². The van der Waals surface area contributed by atoms with E-state index in [9.17, 15) is 0 Å². The van der Waals surface area contributed by atoms with Crippen molar-refractivity contribution in [3.8, 4) is 0 Å². The van der Waals surface area contributed by atoms with E-state index in [1.165, 1.54) is 16.7 Å². The molecule has 0 aliphatic heterocycles. The van der Waals surface area contributed by atoms with Crippen molar-refractivity contribution in [3.05, 3.63) is 77.1 Å². The molecule has 0 atom stereocenters. The van der Waals surface area contributed by atoms with Gasteiger partial charge in [-0.1, -0.05) is 59.2 Å². The number of allylic oxidation sites excluding steroid dienone is 5. The van der Waals surface area contributed by atoms with Gasteiger partial charge in [0.2, 0.25) is 0 Å². The monoisotopic (exact) mass is 210 g/mol. The van der Waals surface area contributed by atoms with Gasteiger partial charge >= 0.3 is 0 Å². The van der Waals surface area contributed by atoms with Crippen molar-refractivity contribution < 1.29 is 0 Å². The van der Waals surface area contributed by atoms with Crippen molar-refractivity contribution in [3.63, 3.8) is 0 Å². The fourth-order valence-corrected chi connectivity index (χ4v) is 1.18. The fraction of sp³-hybridized carbons (Fsp3) is 0.188. The summed E-state index contributed by atoms with van der Waals surface area (Å²) in [5.74, 6) is 0. The van der Waals surface area contributed by atoms with Crippen molar-refractivity contribution in [1.29, 1.82) is 0 Å². The maximum absolute atomic E-state index is 2.96. The Labute approximate surface area is 98.3 Å². The second kappa shape index (κ2) is 6.66. The second-order valence-electron chi connectivity index (χ2n) is 3.92. The summed E-state index contributed by atoms with van der Waals surface area (Å²) < 4.78 is 0. The molecular formula is C16H18. The molecule has 82 valence electrons. The SMILES string of the molecule is CC1=CC=C=CC=C1.Cc1ccc(C)cc1. The van der Waals surface area contributed by atoms with Gasteiger partial charge in [-0.25, -0.2) is 0 Å². The lowest BCUT2D eigenvalue weighted by Gasteiger charge is -1.90. The van der Waals surface area contributed by atoms with Crippen LogP contribution in [0.5, 0.6) is 0 Å². The van der Waals surface area contributed by atoms with Crippen LogP contribution in [0.2, 0.25) is 0 Å². The summed E-state index contributed by atoms with van der Waals surface area (Å²) in [5.41, 5.74) is 6.89. The molecule has 16 heavy (non-hydrogen) atoms. The number of benzene rings is 1. The van der Waals surface area contributed by atoms with Crippen LogP contribution >= 0.6 is 0 Å². The maximum atomic E-state index is 2.96. The minimum atomic E-state index is 1.27. The molecule has 0 saturated carbocycles. The number of aryl methyl sites for hydroxylation is 2. The Balaban J connectivity index is 0.000000160. The molecule has 1 aromatic carbocycles. The van der Waals surface area contributed by atoms with E-state index in [1.54, 1.807) is 0 Å². The quantitative estimate of drug-likeness (QED) is 0.552. The van der Waals surface area contributed by atoms with Gasteiger partial charge in [0, 0.05) is 0 Å². The minimum Gasteiger partial charge on any atom is -0.121 e. The fourth-order valence-electron chi connectivity index (χ4n) is 1.18. The van der Waals surface area contributed by atoms with Crippen molar-refractivity contribution in [1.82, 2.24) is 0 Å². The molecule has 2 rings (SSSR count). The molecule has 0 aromatic heterocycles. The Hall–Kier alpha value is -1.78. The highest BCUT2D eigenvalue weighted by atomic mass is 13.9. The zero-order chi connectivity index (χ0) is 11.8. The molecule has 1 aromatic rings. The number of rotatable bonds is 0. The highest BCUT2D eigenvalue weighted by molar-refractivity contribution is 5.27. The molecule has 0 bridgehead atoms. The van der Waals surface area contributed by atoms with Gasteiger partial charge in [0.05, 0.1) is 0 Å². The van der Waals surface area contributed by atoms with Gasteiger partial charge in [0.1, 0.15) is 0 Å². The summed E-state index contributed by atoms with van der Waals surface area (Å²) in [5, 5.41) is 0. The van der Waals surface area contributed by atoms with E-state index in [4.69, 9.17) is 0 Å². The van der Waals surface area contributed by atoms with Gasteiger partial charge in [-0.2, -0.15) is 0 Å². The van der Waals surface area contributed by atoms with Gasteiger partial charge in [0.15, 0.2) is 0 Å². The highest BCUT2D eigenvalue weighted by Crippen LogP contribution is 1.99. The van der Waals surface area contributed by atoms with E-state index in [2.05, 4.69) is 56.8 Å². The van der Waals surface area contributed by atoms with Crippen molar-refractivity contribution in [2.24, 2.45) is 0 Å². The average molecular weight is 210 g/mol. The first-order valence-electron chi connectivity index (χ1n) is 5.48. The smallest absolute Gasteiger partial charge is 0.0197 e. The second-order valence-corrected chi connectivity index (χ2v) is 3.92. The Bertz CT molecular complexity index is 414. The summed E-state index contributed by atoms with van der Waals surface area (Å²) in [7, 11) is 0. The molecular weight excluding hydrogens is 192 g/mol. The molecule has 1 aliphatic carbocycles. The lowest BCUT2D eigenvalue weighted by molar-refractivity contribution is 1.40. The van der Waals surface area contributed by atoms with Gasteiger partial charge in [-0.15, -0.1) is 5.73 Å². The summed E-state index contributed by atoms with van der Waals surface area (Å²) >= 11 is 0. The van der Waals surface area contributed by atoms with Crippen LogP contribution in [0, 0.1) is 13.8 Å². The Morgan fingerprint density at radius 3 is 1.94 bits per heavy atom. The lowest BCUT2D eigenvalue weighted by Crippen LogP contribution is -1.70. The summed E-state index contributed by atoms with van der Waals surface area (Å²) in [6, 6.07) is 8.48.